The summed E-state index contributed by atoms with van der Waals surface area (Å²) in [5.74, 6) is 1.57. The van der Waals surface area contributed by atoms with E-state index in [2.05, 4.69) is 11.0 Å². The van der Waals surface area contributed by atoms with E-state index in [0.29, 0.717) is 41.2 Å². The first-order valence-electron chi connectivity index (χ1n) is 12.3. The first-order chi connectivity index (χ1) is 17.9. The Morgan fingerprint density at radius 2 is 1.76 bits per heavy atom. The van der Waals surface area contributed by atoms with Crippen LogP contribution < -0.4 is 24.8 Å². The number of fused-ring (bicyclic) bond motifs is 1. The SMILES string of the molecule is COc1cccc2c1N(C(N)C(C=O)Cc1ccc(OCCOc3c(Cl)cc(C)cc3Cl)cc1)CCC2. The Bertz CT molecular complexity index is 1180. The zero-order valence-electron chi connectivity index (χ0n) is 21.1. The van der Waals surface area contributed by atoms with Crippen molar-refractivity contribution >= 4 is 35.2 Å². The minimum absolute atomic E-state index is 0.299. The number of carbonyl (C=O) groups excluding carboxylic acids is 1. The van der Waals surface area contributed by atoms with Crippen LogP contribution in [0, 0.1) is 12.8 Å². The smallest absolute Gasteiger partial charge is 0.156 e. The molecule has 2 N–H and O–H groups in total. The molecule has 0 spiro atoms. The number of aldehydes is 1. The molecule has 0 saturated carbocycles. The number of anilines is 1. The van der Waals surface area contributed by atoms with Crippen LogP contribution in [0.2, 0.25) is 10.0 Å². The maximum Gasteiger partial charge on any atom is 0.156 e. The van der Waals surface area contributed by atoms with E-state index in [-0.39, 0.29) is 5.92 Å². The predicted molar refractivity (Wildman–Crippen MR) is 149 cm³/mol. The largest absolute Gasteiger partial charge is 0.495 e. The minimum atomic E-state index is -0.457. The summed E-state index contributed by atoms with van der Waals surface area (Å²) in [6.07, 6.45) is 2.98. The van der Waals surface area contributed by atoms with Gasteiger partial charge in [0, 0.05) is 6.54 Å². The molecule has 196 valence electrons. The van der Waals surface area contributed by atoms with Gasteiger partial charge < -0.3 is 29.6 Å². The van der Waals surface area contributed by atoms with Crippen molar-refractivity contribution in [3.8, 4) is 17.2 Å². The normalized spacial score (nSPS) is 14.5. The number of carbonyl (C=O) groups is 1. The van der Waals surface area contributed by atoms with Crippen molar-refractivity contribution in [1.82, 2.24) is 0 Å². The summed E-state index contributed by atoms with van der Waals surface area (Å²) >= 11 is 12.4. The third kappa shape index (κ3) is 6.50. The average Bonchev–Trinajstić information content (AvgIpc) is 2.90. The van der Waals surface area contributed by atoms with E-state index < -0.39 is 6.17 Å². The Kier molecular flexibility index (Phi) is 9.19. The van der Waals surface area contributed by atoms with Crippen molar-refractivity contribution < 1.29 is 19.0 Å². The second-order valence-electron chi connectivity index (χ2n) is 9.16. The van der Waals surface area contributed by atoms with Gasteiger partial charge in [-0.15, -0.1) is 0 Å². The molecule has 6 nitrogen and oxygen atoms in total. The quantitative estimate of drug-likeness (QED) is 0.241. The van der Waals surface area contributed by atoms with Gasteiger partial charge in [-0.3, -0.25) is 0 Å². The first-order valence-corrected chi connectivity index (χ1v) is 13.1. The van der Waals surface area contributed by atoms with Crippen LogP contribution in [0.25, 0.3) is 0 Å². The van der Waals surface area contributed by atoms with Crippen molar-refractivity contribution in [2.45, 2.75) is 32.4 Å². The zero-order valence-corrected chi connectivity index (χ0v) is 22.6. The molecule has 3 aromatic rings. The van der Waals surface area contributed by atoms with Gasteiger partial charge in [0.15, 0.2) is 5.75 Å². The van der Waals surface area contributed by atoms with Gasteiger partial charge in [0.2, 0.25) is 0 Å². The maximum absolute atomic E-state index is 12.1. The molecule has 0 aliphatic carbocycles. The fourth-order valence-electron chi connectivity index (χ4n) is 4.71. The Balaban J connectivity index is 1.33. The van der Waals surface area contributed by atoms with Gasteiger partial charge in [0.25, 0.3) is 0 Å². The van der Waals surface area contributed by atoms with E-state index >= 15 is 0 Å². The fourth-order valence-corrected chi connectivity index (χ4v) is 5.42. The number of hydrogen-bond donors (Lipinski definition) is 1. The molecule has 1 heterocycles. The lowest BCUT2D eigenvalue weighted by Gasteiger charge is -2.39. The van der Waals surface area contributed by atoms with E-state index in [1.54, 1.807) is 19.2 Å². The van der Waals surface area contributed by atoms with Crippen LogP contribution in [-0.4, -0.2) is 39.3 Å². The second kappa shape index (κ2) is 12.5. The number of aryl methyl sites for hydroxylation is 2. The van der Waals surface area contributed by atoms with Crippen molar-refractivity contribution in [3.05, 3.63) is 81.3 Å². The molecule has 2 atom stereocenters. The molecule has 0 aromatic heterocycles. The molecule has 2 unspecified atom stereocenters. The van der Waals surface area contributed by atoms with E-state index in [9.17, 15) is 4.79 Å². The number of methoxy groups -OCH3 is 1. The van der Waals surface area contributed by atoms with Crippen LogP contribution in [0.4, 0.5) is 5.69 Å². The second-order valence-corrected chi connectivity index (χ2v) is 9.97. The van der Waals surface area contributed by atoms with Crippen molar-refractivity contribution in [3.63, 3.8) is 0 Å². The highest BCUT2D eigenvalue weighted by Gasteiger charge is 2.30. The van der Waals surface area contributed by atoms with Gasteiger partial charge in [0.1, 0.15) is 31.0 Å². The molecule has 0 fully saturated rings. The number of nitrogens with zero attached hydrogens (tertiary/aromatic N) is 1. The van der Waals surface area contributed by atoms with Gasteiger partial charge in [-0.2, -0.15) is 0 Å². The van der Waals surface area contributed by atoms with Gasteiger partial charge in [-0.1, -0.05) is 47.5 Å². The lowest BCUT2D eigenvalue weighted by molar-refractivity contribution is -0.111. The molecule has 8 heteroatoms. The predicted octanol–water partition coefficient (Wildman–Crippen LogP) is 5.86. The van der Waals surface area contributed by atoms with Gasteiger partial charge >= 0.3 is 0 Å². The molecule has 3 aromatic carbocycles. The lowest BCUT2D eigenvalue weighted by atomic mass is 9.94. The van der Waals surface area contributed by atoms with E-state index in [1.807, 2.05) is 43.3 Å². The number of halogens is 2. The topological polar surface area (TPSA) is 74.0 Å². The summed E-state index contributed by atoms with van der Waals surface area (Å²) in [5.41, 5.74) is 10.8. The average molecular weight is 543 g/mol. The molecule has 1 aliphatic rings. The van der Waals surface area contributed by atoms with Crippen molar-refractivity contribution in [2.75, 3.05) is 31.8 Å². The molecule has 0 amide bonds. The Morgan fingerprint density at radius 1 is 1.05 bits per heavy atom. The highest BCUT2D eigenvalue weighted by Crippen LogP contribution is 2.38. The molecule has 0 radical (unpaired) electrons. The van der Waals surface area contributed by atoms with Gasteiger partial charge in [-0.05, 0) is 73.2 Å². The molecule has 1 aliphatic heterocycles. The fraction of sp³-hybridized carbons (Fsp3) is 0.345. The highest BCUT2D eigenvalue weighted by atomic mass is 35.5. The van der Waals surface area contributed by atoms with E-state index in [0.717, 1.165) is 48.2 Å². The Morgan fingerprint density at radius 3 is 2.43 bits per heavy atom. The molecule has 37 heavy (non-hydrogen) atoms. The number of benzene rings is 3. The number of ether oxygens (including phenoxy) is 3. The van der Waals surface area contributed by atoms with Crippen LogP contribution in [0.3, 0.4) is 0 Å². The lowest BCUT2D eigenvalue weighted by Crippen LogP contribution is -2.50. The highest BCUT2D eigenvalue weighted by molar-refractivity contribution is 6.37. The number of hydrogen-bond acceptors (Lipinski definition) is 6. The van der Waals surface area contributed by atoms with Crippen LogP contribution in [0.15, 0.2) is 54.6 Å². The Labute approximate surface area is 228 Å². The van der Waals surface area contributed by atoms with E-state index in [4.69, 9.17) is 43.1 Å². The summed E-state index contributed by atoms with van der Waals surface area (Å²) in [4.78, 5) is 14.2. The van der Waals surface area contributed by atoms with Gasteiger partial charge in [-0.25, -0.2) is 0 Å². The van der Waals surface area contributed by atoms with E-state index in [1.165, 1.54) is 5.56 Å². The molecular formula is C29H32Cl2N2O4. The molecule has 0 saturated heterocycles. The summed E-state index contributed by atoms with van der Waals surface area (Å²) in [7, 11) is 1.66. The monoisotopic (exact) mass is 542 g/mol. The maximum atomic E-state index is 12.1. The van der Waals surface area contributed by atoms with Crippen LogP contribution in [0.5, 0.6) is 17.2 Å². The van der Waals surface area contributed by atoms with Crippen LogP contribution in [-0.2, 0) is 17.6 Å². The number of para-hydroxylation sites is 1. The third-order valence-electron chi connectivity index (χ3n) is 6.54. The summed E-state index contributed by atoms with van der Waals surface area (Å²) in [6.45, 7) is 3.33. The zero-order chi connectivity index (χ0) is 26.4. The molecule has 4 rings (SSSR count). The summed E-state index contributed by atoms with van der Waals surface area (Å²) < 4.78 is 17.1. The minimum Gasteiger partial charge on any atom is -0.495 e. The summed E-state index contributed by atoms with van der Waals surface area (Å²) in [5, 5.41) is 0.951. The third-order valence-corrected chi connectivity index (χ3v) is 7.11. The first kappa shape index (κ1) is 27.1. The standard InChI is InChI=1S/C29H32Cl2N2O4/c1-19-15-24(30)28(25(31)16-19)37-14-13-36-23-10-8-20(9-11-23)17-22(18-34)29(32)33-12-4-6-21-5-3-7-26(35-2)27(21)33/h3,5,7-11,15-16,18,22,29H,4,6,12-14,17,32H2,1-2H3. The van der Waals surface area contributed by atoms with Crippen LogP contribution >= 0.6 is 23.2 Å². The molecule has 0 bridgehead atoms. The summed E-state index contributed by atoms with van der Waals surface area (Å²) in [6, 6.07) is 17.3. The number of nitrogens with two attached hydrogens (primary N) is 1. The van der Waals surface area contributed by atoms with Crippen LogP contribution in [0.1, 0.15) is 23.1 Å². The van der Waals surface area contributed by atoms with Crippen molar-refractivity contribution in [1.29, 1.82) is 0 Å². The van der Waals surface area contributed by atoms with Crippen molar-refractivity contribution in [2.24, 2.45) is 11.7 Å². The van der Waals surface area contributed by atoms with Gasteiger partial charge in [0.05, 0.1) is 34.9 Å². The Hall–Kier alpha value is -2.93. The molecular weight excluding hydrogens is 511 g/mol. The number of rotatable bonds is 11.